The summed E-state index contributed by atoms with van der Waals surface area (Å²) < 4.78 is 0. The van der Waals surface area contributed by atoms with Gasteiger partial charge in [0.15, 0.2) is 0 Å². The first kappa shape index (κ1) is 6.68. The van der Waals surface area contributed by atoms with Crippen molar-refractivity contribution in [2.24, 2.45) is 5.11 Å². The minimum absolute atomic E-state index is 0.672. The largest absolute Gasteiger partial charge is 0.204 e. The highest BCUT2D eigenvalue weighted by molar-refractivity contribution is 5.50. The van der Waals surface area contributed by atoms with Gasteiger partial charge in [0.2, 0.25) is 0 Å². The average molecular weight is 132 g/mol. The molecule has 0 aliphatic carbocycles. The zero-order chi connectivity index (χ0) is 7.40. The standard InChI is InChI=1S/C8H8N2/c1-2-7-3-5-8(10-9)6-4-7/h2-6,9H,1H2. The van der Waals surface area contributed by atoms with Gasteiger partial charge in [0.05, 0.1) is 5.69 Å². The highest BCUT2D eigenvalue weighted by Gasteiger charge is 1.86. The molecule has 0 aliphatic heterocycles. The van der Waals surface area contributed by atoms with Crippen LogP contribution in [0.25, 0.3) is 6.08 Å². The number of nitrogens with one attached hydrogen (secondary N) is 1. The molecule has 0 saturated heterocycles. The van der Waals surface area contributed by atoms with Crippen molar-refractivity contribution in [2.45, 2.75) is 0 Å². The van der Waals surface area contributed by atoms with E-state index in [0.29, 0.717) is 5.69 Å². The molecule has 0 radical (unpaired) electrons. The third-order valence-electron chi connectivity index (χ3n) is 1.26. The van der Waals surface area contributed by atoms with E-state index in [0.717, 1.165) is 5.56 Å². The number of hydrogen-bond donors (Lipinski definition) is 1. The molecule has 1 N–H and O–H groups in total. The van der Waals surface area contributed by atoms with Crippen LogP contribution in [0, 0.1) is 5.53 Å². The Balaban J connectivity index is 3.00. The summed E-state index contributed by atoms with van der Waals surface area (Å²) in [5.74, 6) is 0. The zero-order valence-electron chi connectivity index (χ0n) is 5.54. The Morgan fingerprint density at radius 3 is 2.30 bits per heavy atom. The first-order valence-corrected chi connectivity index (χ1v) is 2.97. The van der Waals surface area contributed by atoms with E-state index >= 15 is 0 Å². The third kappa shape index (κ3) is 1.29. The second kappa shape index (κ2) is 2.92. The van der Waals surface area contributed by atoms with Crippen molar-refractivity contribution < 1.29 is 0 Å². The predicted molar refractivity (Wildman–Crippen MR) is 41.3 cm³/mol. The molecule has 0 heterocycles. The molecule has 2 nitrogen and oxygen atoms in total. The van der Waals surface area contributed by atoms with Gasteiger partial charge in [-0.15, -0.1) is 0 Å². The predicted octanol–water partition coefficient (Wildman–Crippen LogP) is 2.99. The van der Waals surface area contributed by atoms with Gasteiger partial charge >= 0.3 is 0 Å². The van der Waals surface area contributed by atoms with Crippen LogP contribution in [0.5, 0.6) is 0 Å². The summed E-state index contributed by atoms with van der Waals surface area (Å²) in [7, 11) is 0. The van der Waals surface area contributed by atoms with Gasteiger partial charge in [-0.05, 0) is 17.7 Å². The molecule has 1 aromatic carbocycles. The number of rotatable bonds is 2. The lowest BCUT2D eigenvalue weighted by molar-refractivity contribution is 1.15. The summed E-state index contributed by atoms with van der Waals surface area (Å²) in [4.78, 5) is 0. The molecular formula is C8H8N2. The van der Waals surface area contributed by atoms with Crippen molar-refractivity contribution in [1.82, 2.24) is 0 Å². The van der Waals surface area contributed by atoms with Gasteiger partial charge < -0.3 is 0 Å². The van der Waals surface area contributed by atoms with Gasteiger partial charge in [-0.25, -0.2) is 5.53 Å². The van der Waals surface area contributed by atoms with Crippen molar-refractivity contribution >= 4 is 11.8 Å². The fourth-order valence-corrected chi connectivity index (χ4v) is 0.685. The van der Waals surface area contributed by atoms with E-state index in [1.807, 2.05) is 12.1 Å². The fraction of sp³-hybridized carbons (Fsp3) is 0. The molecule has 0 atom stereocenters. The Labute approximate surface area is 59.7 Å². The molecule has 0 bridgehead atoms. The summed E-state index contributed by atoms with van der Waals surface area (Å²) >= 11 is 0. The smallest absolute Gasteiger partial charge is 0.0850 e. The molecule has 0 saturated carbocycles. The van der Waals surface area contributed by atoms with Crippen LogP contribution in [0.2, 0.25) is 0 Å². The summed E-state index contributed by atoms with van der Waals surface area (Å²) in [5, 5.41) is 3.26. The molecule has 0 spiro atoms. The minimum Gasteiger partial charge on any atom is -0.204 e. The van der Waals surface area contributed by atoms with Gasteiger partial charge in [0.25, 0.3) is 0 Å². The second-order valence-corrected chi connectivity index (χ2v) is 1.91. The monoisotopic (exact) mass is 132 g/mol. The zero-order valence-corrected chi connectivity index (χ0v) is 5.54. The van der Waals surface area contributed by atoms with E-state index in [-0.39, 0.29) is 0 Å². The Morgan fingerprint density at radius 2 is 1.90 bits per heavy atom. The van der Waals surface area contributed by atoms with E-state index in [9.17, 15) is 0 Å². The van der Waals surface area contributed by atoms with E-state index in [1.165, 1.54) is 0 Å². The van der Waals surface area contributed by atoms with Crippen molar-refractivity contribution in [3.63, 3.8) is 0 Å². The normalized spacial score (nSPS) is 8.80. The Hall–Kier alpha value is -1.44. The quantitative estimate of drug-likeness (QED) is 0.600. The van der Waals surface area contributed by atoms with Crippen LogP contribution in [0.3, 0.4) is 0 Å². The SMILES string of the molecule is C=Cc1ccc(N=N)cc1. The highest BCUT2D eigenvalue weighted by atomic mass is 14.9. The molecule has 1 aromatic rings. The van der Waals surface area contributed by atoms with Gasteiger partial charge in [-0.2, -0.15) is 5.11 Å². The fourth-order valence-electron chi connectivity index (χ4n) is 0.685. The number of benzene rings is 1. The third-order valence-corrected chi connectivity index (χ3v) is 1.26. The maximum atomic E-state index is 6.67. The van der Waals surface area contributed by atoms with Gasteiger partial charge in [0, 0.05) is 0 Å². The molecule has 0 aromatic heterocycles. The lowest BCUT2D eigenvalue weighted by atomic mass is 10.2. The average Bonchev–Trinajstić information content (AvgIpc) is 2.05. The molecule has 50 valence electrons. The van der Waals surface area contributed by atoms with Crippen molar-refractivity contribution in [3.05, 3.63) is 36.4 Å². The van der Waals surface area contributed by atoms with Crippen LogP contribution < -0.4 is 0 Å². The van der Waals surface area contributed by atoms with Crippen LogP contribution in [0.4, 0.5) is 5.69 Å². The first-order chi connectivity index (χ1) is 4.86. The van der Waals surface area contributed by atoms with Crippen LogP contribution in [0.15, 0.2) is 36.0 Å². The molecule has 0 unspecified atom stereocenters. The summed E-state index contributed by atoms with van der Waals surface area (Å²) in [6, 6.07) is 7.31. The van der Waals surface area contributed by atoms with Gasteiger partial charge in [-0.3, -0.25) is 0 Å². The molecule has 0 amide bonds. The van der Waals surface area contributed by atoms with E-state index < -0.39 is 0 Å². The van der Waals surface area contributed by atoms with Crippen LogP contribution in [0.1, 0.15) is 5.56 Å². The molecule has 10 heavy (non-hydrogen) atoms. The number of hydrogen-bond acceptors (Lipinski definition) is 2. The van der Waals surface area contributed by atoms with Crippen molar-refractivity contribution in [1.29, 1.82) is 5.53 Å². The first-order valence-electron chi connectivity index (χ1n) is 2.97. The van der Waals surface area contributed by atoms with Crippen molar-refractivity contribution in [2.75, 3.05) is 0 Å². The van der Waals surface area contributed by atoms with Gasteiger partial charge in [-0.1, -0.05) is 24.8 Å². The minimum atomic E-state index is 0.672. The maximum absolute atomic E-state index is 6.67. The summed E-state index contributed by atoms with van der Waals surface area (Å²) in [5.41, 5.74) is 8.39. The van der Waals surface area contributed by atoms with E-state index in [1.54, 1.807) is 18.2 Å². The van der Waals surface area contributed by atoms with Crippen molar-refractivity contribution in [3.8, 4) is 0 Å². The van der Waals surface area contributed by atoms with E-state index in [4.69, 9.17) is 5.53 Å². The Morgan fingerprint density at radius 1 is 1.30 bits per heavy atom. The van der Waals surface area contributed by atoms with Crippen LogP contribution in [-0.2, 0) is 0 Å². The summed E-state index contributed by atoms with van der Waals surface area (Å²) in [6.45, 7) is 3.61. The molecular weight excluding hydrogens is 124 g/mol. The van der Waals surface area contributed by atoms with Crippen LogP contribution >= 0.6 is 0 Å². The Kier molecular flexibility index (Phi) is 1.95. The second-order valence-electron chi connectivity index (χ2n) is 1.91. The maximum Gasteiger partial charge on any atom is 0.0850 e. The summed E-state index contributed by atoms with van der Waals surface area (Å²) in [6.07, 6.45) is 1.76. The van der Waals surface area contributed by atoms with Gasteiger partial charge in [0.1, 0.15) is 0 Å². The molecule has 0 aliphatic rings. The highest BCUT2D eigenvalue weighted by Crippen LogP contribution is 2.12. The molecule has 1 rings (SSSR count). The Bertz CT molecular complexity index is 209. The van der Waals surface area contributed by atoms with Crippen LogP contribution in [-0.4, -0.2) is 0 Å². The lowest BCUT2D eigenvalue weighted by Crippen LogP contribution is -1.67. The molecule has 0 fully saturated rings. The van der Waals surface area contributed by atoms with E-state index in [2.05, 4.69) is 11.7 Å². The topological polar surface area (TPSA) is 36.2 Å². The lowest BCUT2D eigenvalue weighted by Gasteiger charge is -1.91. The molecule has 2 heteroatoms. The number of nitrogens with zero attached hydrogens (tertiary/aromatic N) is 1.